The molecule has 5 heteroatoms. The molecule has 1 fully saturated rings. The van der Waals surface area contributed by atoms with Crippen LogP contribution in [-0.4, -0.2) is 54.3 Å². The number of piperazine rings is 1. The summed E-state index contributed by atoms with van der Waals surface area (Å²) in [4.78, 5) is 13.8. The van der Waals surface area contributed by atoms with Crippen molar-refractivity contribution in [3.63, 3.8) is 0 Å². The Hall–Kier alpha value is -1.59. The van der Waals surface area contributed by atoms with E-state index < -0.39 is 6.10 Å². The number of aliphatic hydroxyl groups excluding tert-OH is 1. The van der Waals surface area contributed by atoms with Gasteiger partial charge >= 0.3 is 0 Å². The molecule has 1 aromatic rings. The van der Waals surface area contributed by atoms with E-state index in [0.717, 1.165) is 18.7 Å². The van der Waals surface area contributed by atoms with Crippen molar-refractivity contribution >= 4 is 5.91 Å². The van der Waals surface area contributed by atoms with Crippen molar-refractivity contribution in [1.29, 1.82) is 0 Å². The Kier molecular flexibility index (Phi) is 5.38. The van der Waals surface area contributed by atoms with Gasteiger partial charge in [0.25, 0.3) is 0 Å². The van der Waals surface area contributed by atoms with E-state index in [2.05, 4.69) is 5.32 Å². The minimum atomic E-state index is -0.602. The number of hydrogen-bond acceptors (Lipinski definition) is 4. The number of carbonyl (C=O) groups is 1. The van der Waals surface area contributed by atoms with Crippen molar-refractivity contribution < 1.29 is 14.6 Å². The normalized spacial score (nSPS) is 21.3. The molecule has 2 unspecified atom stereocenters. The van der Waals surface area contributed by atoms with Gasteiger partial charge in [0.1, 0.15) is 18.5 Å². The third kappa shape index (κ3) is 3.95. The monoisotopic (exact) mass is 278 g/mol. The first-order valence-corrected chi connectivity index (χ1v) is 7.08. The van der Waals surface area contributed by atoms with Crippen LogP contribution in [0.15, 0.2) is 30.3 Å². The Morgan fingerprint density at radius 3 is 2.90 bits per heavy atom. The fraction of sp³-hybridized carbons (Fsp3) is 0.533. The van der Waals surface area contributed by atoms with Crippen LogP contribution in [-0.2, 0) is 4.79 Å². The van der Waals surface area contributed by atoms with Gasteiger partial charge < -0.3 is 15.2 Å². The van der Waals surface area contributed by atoms with Gasteiger partial charge in [-0.1, -0.05) is 25.1 Å². The van der Waals surface area contributed by atoms with Gasteiger partial charge in [0.15, 0.2) is 0 Å². The molecule has 2 rings (SSSR count). The number of rotatable bonds is 6. The Bertz CT molecular complexity index is 424. The first-order chi connectivity index (χ1) is 9.70. The first-order valence-electron chi connectivity index (χ1n) is 7.08. The van der Waals surface area contributed by atoms with Gasteiger partial charge in [0, 0.05) is 19.6 Å². The number of aliphatic hydroxyl groups is 1. The van der Waals surface area contributed by atoms with E-state index in [1.54, 1.807) is 0 Å². The second kappa shape index (κ2) is 7.26. The summed E-state index contributed by atoms with van der Waals surface area (Å²) in [6, 6.07) is 9.27. The molecule has 0 bridgehead atoms. The molecular weight excluding hydrogens is 256 g/mol. The van der Waals surface area contributed by atoms with Crippen LogP contribution in [0.25, 0.3) is 0 Å². The van der Waals surface area contributed by atoms with E-state index in [4.69, 9.17) is 4.74 Å². The molecule has 0 spiro atoms. The van der Waals surface area contributed by atoms with E-state index in [0.29, 0.717) is 13.1 Å². The highest BCUT2D eigenvalue weighted by atomic mass is 16.5. The van der Waals surface area contributed by atoms with Crippen LogP contribution in [0, 0.1) is 0 Å². The quantitative estimate of drug-likeness (QED) is 0.801. The van der Waals surface area contributed by atoms with E-state index in [9.17, 15) is 9.90 Å². The van der Waals surface area contributed by atoms with Crippen molar-refractivity contribution in [3.05, 3.63) is 30.3 Å². The molecular formula is C15H22N2O3. The van der Waals surface area contributed by atoms with Crippen molar-refractivity contribution in [2.24, 2.45) is 0 Å². The summed E-state index contributed by atoms with van der Waals surface area (Å²) in [5.41, 5.74) is 0. The van der Waals surface area contributed by atoms with Gasteiger partial charge in [-0.2, -0.15) is 0 Å². The number of hydrogen-bond donors (Lipinski definition) is 2. The molecule has 1 heterocycles. The molecule has 2 atom stereocenters. The number of ether oxygens (including phenoxy) is 1. The molecule has 1 saturated heterocycles. The van der Waals surface area contributed by atoms with E-state index in [1.165, 1.54) is 0 Å². The van der Waals surface area contributed by atoms with Gasteiger partial charge in [0.05, 0.1) is 6.04 Å². The number of nitrogens with one attached hydrogen (secondary N) is 1. The molecule has 1 amide bonds. The smallest absolute Gasteiger partial charge is 0.237 e. The largest absolute Gasteiger partial charge is 0.491 e. The van der Waals surface area contributed by atoms with Crippen LogP contribution >= 0.6 is 0 Å². The molecule has 0 aliphatic carbocycles. The average molecular weight is 278 g/mol. The summed E-state index contributed by atoms with van der Waals surface area (Å²) in [5.74, 6) is 0.796. The summed E-state index contributed by atoms with van der Waals surface area (Å²) in [5, 5.41) is 12.9. The fourth-order valence-corrected chi connectivity index (χ4v) is 2.46. The first kappa shape index (κ1) is 14.8. The highest BCUT2D eigenvalue weighted by Gasteiger charge is 2.29. The lowest BCUT2D eigenvalue weighted by Crippen LogP contribution is -2.56. The summed E-state index contributed by atoms with van der Waals surface area (Å²) in [6.07, 6.45) is 0.146. The molecule has 0 saturated carbocycles. The summed E-state index contributed by atoms with van der Waals surface area (Å²) >= 11 is 0. The summed E-state index contributed by atoms with van der Waals surface area (Å²) in [7, 11) is 0. The number of carbonyl (C=O) groups excluding carboxylic acids is 1. The van der Waals surface area contributed by atoms with Crippen molar-refractivity contribution in [2.75, 3.05) is 26.2 Å². The maximum atomic E-state index is 11.7. The van der Waals surface area contributed by atoms with Gasteiger partial charge in [-0.25, -0.2) is 0 Å². The lowest BCUT2D eigenvalue weighted by molar-refractivity contribution is -0.129. The lowest BCUT2D eigenvalue weighted by atomic mass is 10.1. The standard InChI is InChI=1S/C15H22N2O3/c1-2-14-15(19)16-8-9-17(14)10-12(18)11-20-13-6-4-3-5-7-13/h3-7,12,14,18H,2,8-11H2,1H3,(H,16,19). The van der Waals surface area contributed by atoms with E-state index >= 15 is 0 Å². The number of β-amino-alcohol motifs (C(OH)–C–C–N with tert-alkyl or cyclic N) is 1. The molecule has 1 aromatic carbocycles. The minimum absolute atomic E-state index is 0.0509. The third-order valence-corrected chi connectivity index (χ3v) is 3.46. The molecule has 110 valence electrons. The molecule has 0 aromatic heterocycles. The molecule has 0 radical (unpaired) electrons. The SMILES string of the molecule is CCC1C(=O)NCCN1CC(O)COc1ccccc1. The third-order valence-electron chi connectivity index (χ3n) is 3.46. The van der Waals surface area contributed by atoms with Crippen molar-refractivity contribution in [2.45, 2.75) is 25.5 Å². The maximum Gasteiger partial charge on any atom is 0.237 e. The van der Waals surface area contributed by atoms with Crippen LogP contribution in [0.2, 0.25) is 0 Å². The van der Waals surface area contributed by atoms with Crippen molar-refractivity contribution in [1.82, 2.24) is 10.2 Å². The number of benzene rings is 1. The number of nitrogens with zero attached hydrogens (tertiary/aromatic N) is 1. The molecule has 5 nitrogen and oxygen atoms in total. The zero-order valence-electron chi connectivity index (χ0n) is 11.8. The Morgan fingerprint density at radius 1 is 1.45 bits per heavy atom. The number of para-hydroxylation sites is 1. The maximum absolute atomic E-state index is 11.7. The van der Waals surface area contributed by atoms with Gasteiger partial charge in [-0.3, -0.25) is 9.69 Å². The zero-order chi connectivity index (χ0) is 14.4. The van der Waals surface area contributed by atoms with Crippen LogP contribution in [0.5, 0.6) is 5.75 Å². The summed E-state index contributed by atoms with van der Waals surface area (Å²) in [6.45, 7) is 4.08. The second-order valence-corrected chi connectivity index (χ2v) is 4.99. The highest BCUT2D eigenvalue weighted by Crippen LogP contribution is 2.11. The Labute approximate surface area is 119 Å². The van der Waals surface area contributed by atoms with Gasteiger partial charge in [-0.05, 0) is 18.6 Å². The topological polar surface area (TPSA) is 61.8 Å². The number of amides is 1. The van der Waals surface area contributed by atoms with Crippen LogP contribution in [0.3, 0.4) is 0 Å². The predicted octanol–water partition coefficient (Wildman–Crippen LogP) is 0.637. The molecule has 2 N–H and O–H groups in total. The van der Waals surface area contributed by atoms with Crippen LogP contribution in [0.4, 0.5) is 0 Å². The summed E-state index contributed by atoms with van der Waals surface area (Å²) < 4.78 is 5.53. The zero-order valence-corrected chi connectivity index (χ0v) is 11.8. The fourth-order valence-electron chi connectivity index (χ4n) is 2.46. The highest BCUT2D eigenvalue weighted by molar-refractivity contribution is 5.82. The van der Waals surface area contributed by atoms with Gasteiger partial charge in [-0.15, -0.1) is 0 Å². The van der Waals surface area contributed by atoms with E-state index in [-0.39, 0.29) is 18.6 Å². The molecule has 1 aliphatic rings. The molecule has 1 aliphatic heterocycles. The van der Waals surface area contributed by atoms with Crippen LogP contribution < -0.4 is 10.1 Å². The average Bonchev–Trinajstić information content (AvgIpc) is 2.46. The molecule has 20 heavy (non-hydrogen) atoms. The van der Waals surface area contributed by atoms with E-state index in [1.807, 2.05) is 42.2 Å². The predicted molar refractivity (Wildman–Crippen MR) is 76.6 cm³/mol. The van der Waals surface area contributed by atoms with Crippen molar-refractivity contribution in [3.8, 4) is 5.75 Å². The minimum Gasteiger partial charge on any atom is -0.491 e. The van der Waals surface area contributed by atoms with Gasteiger partial charge in [0.2, 0.25) is 5.91 Å². The second-order valence-electron chi connectivity index (χ2n) is 4.99. The Balaban J connectivity index is 1.81. The Morgan fingerprint density at radius 2 is 2.20 bits per heavy atom. The lowest BCUT2D eigenvalue weighted by Gasteiger charge is -2.35. The van der Waals surface area contributed by atoms with Crippen LogP contribution in [0.1, 0.15) is 13.3 Å².